The second-order valence-corrected chi connectivity index (χ2v) is 7.16. The Hall–Kier alpha value is -0.680. The Labute approximate surface area is 134 Å². The Morgan fingerprint density at radius 1 is 1.30 bits per heavy atom. The molecule has 3 rings (SSSR count). The van der Waals surface area contributed by atoms with Gasteiger partial charge in [-0.25, -0.2) is 4.98 Å². The van der Waals surface area contributed by atoms with Crippen molar-refractivity contribution < 1.29 is 0 Å². The Morgan fingerprint density at radius 2 is 2.05 bits per heavy atom. The van der Waals surface area contributed by atoms with Gasteiger partial charge in [-0.2, -0.15) is 0 Å². The van der Waals surface area contributed by atoms with Crippen LogP contribution >= 0.6 is 31.9 Å². The number of hydrogen-bond acceptors (Lipinski definition) is 2. The fourth-order valence-electron chi connectivity index (χ4n) is 3.06. The summed E-state index contributed by atoms with van der Waals surface area (Å²) in [6.07, 6.45) is 6.57. The van der Waals surface area contributed by atoms with Crippen molar-refractivity contribution in [3.63, 3.8) is 0 Å². The minimum atomic E-state index is 0.0588. The van der Waals surface area contributed by atoms with E-state index in [1.165, 1.54) is 25.7 Å². The highest BCUT2D eigenvalue weighted by atomic mass is 79.9. The molecule has 0 atom stereocenters. The van der Waals surface area contributed by atoms with Crippen LogP contribution in [-0.2, 0) is 6.54 Å². The minimum Gasteiger partial charge on any atom is -0.298 e. The van der Waals surface area contributed by atoms with Gasteiger partial charge < -0.3 is 0 Å². The second-order valence-electron chi connectivity index (χ2n) is 5.68. The Kier molecular flexibility index (Phi) is 4.00. The molecular formula is C15H16Br2N2O. The van der Waals surface area contributed by atoms with Crippen LogP contribution in [0.25, 0.3) is 10.9 Å². The summed E-state index contributed by atoms with van der Waals surface area (Å²) in [7, 11) is 0. The molecule has 0 aliphatic heterocycles. The molecule has 106 valence electrons. The zero-order valence-electron chi connectivity index (χ0n) is 11.1. The zero-order valence-corrected chi connectivity index (χ0v) is 14.3. The van der Waals surface area contributed by atoms with Gasteiger partial charge in [-0.15, -0.1) is 0 Å². The molecule has 1 aromatic carbocycles. The summed E-state index contributed by atoms with van der Waals surface area (Å²) in [5.74, 6) is 0. The van der Waals surface area contributed by atoms with Gasteiger partial charge >= 0.3 is 0 Å². The van der Waals surface area contributed by atoms with Crippen molar-refractivity contribution in [2.45, 2.75) is 32.2 Å². The highest BCUT2D eigenvalue weighted by Gasteiger charge is 2.33. The summed E-state index contributed by atoms with van der Waals surface area (Å²) in [5.41, 5.74) is 1.03. The van der Waals surface area contributed by atoms with Crippen LogP contribution in [0.4, 0.5) is 0 Å². The lowest BCUT2D eigenvalue weighted by molar-refractivity contribution is 0.287. The Balaban J connectivity index is 2.04. The smallest absolute Gasteiger partial charge is 0.261 e. The number of fused-ring (bicyclic) bond motifs is 1. The van der Waals surface area contributed by atoms with Gasteiger partial charge in [-0.1, -0.05) is 44.7 Å². The molecule has 20 heavy (non-hydrogen) atoms. The molecule has 0 amide bonds. The average Bonchev–Trinajstić information content (AvgIpc) is 2.92. The molecule has 0 saturated heterocycles. The standard InChI is InChI=1S/C15H16Br2N2O/c16-8-15(5-1-2-6-15)9-19-10-18-13-4-3-11(17)7-12(13)14(19)20/h3-4,7,10H,1-2,5-6,8-9H2. The molecule has 1 aliphatic carbocycles. The van der Waals surface area contributed by atoms with Crippen molar-refractivity contribution in [3.05, 3.63) is 39.4 Å². The van der Waals surface area contributed by atoms with E-state index in [0.29, 0.717) is 5.39 Å². The van der Waals surface area contributed by atoms with Crippen molar-refractivity contribution >= 4 is 42.8 Å². The highest BCUT2D eigenvalue weighted by Crippen LogP contribution is 2.40. The van der Waals surface area contributed by atoms with Gasteiger partial charge in [0.2, 0.25) is 0 Å². The lowest BCUT2D eigenvalue weighted by Crippen LogP contribution is -2.32. The lowest BCUT2D eigenvalue weighted by Gasteiger charge is -2.27. The Morgan fingerprint density at radius 3 is 2.75 bits per heavy atom. The molecule has 1 saturated carbocycles. The number of halogens is 2. The summed E-state index contributed by atoms with van der Waals surface area (Å²) < 4.78 is 2.69. The van der Waals surface area contributed by atoms with Crippen molar-refractivity contribution in [1.29, 1.82) is 0 Å². The number of alkyl halides is 1. The van der Waals surface area contributed by atoms with Crippen LogP contribution < -0.4 is 5.56 Å². The van der Waals surface area contributed by atoms with E-state index < -0.39 is 0 Å². The molecule has 3 nitrogen and oxygen atoms in total. The third-order valence-corrected chi connectivity index (χ3v) is 5.92. The first-order chi connectivity index (χ1) is 9.63. The van der Waals surface area contributed by atoms with Crippen molar-refractivity contribution in [1.82, 2.24) is 9.55 Å². The zero-order chi connectivity index (χ0) is 14.2. The molecule has 5 heteroatoms. The minimum absolute atomic E-state index is 0.0588. The van der Waals surface area contributed by atoms with Gasteiger partial charge in [0.1, 0.15) is 0 Å². The van der Waals surface area contributed by atoms with E-state index in [-0.39, 0.29) is 11.0 Å². The van der Waals surface area contributed by atoms with Gasteiger partial charge in [-0.3, -0.25) is 9.36 Å². The summed E-state index contributed by atoms with van der Waals surface area (Å²) in [6.45, 7) is 0.756. The van der Waals surface area contributed by atoms with E-state index >= 15 is 0 Å². The maximum atomic E-state index is 12.6. The molecule has 2 aromatic rings. The third kappa shape index (κ3) is 2.58. The van der Waals surface area contributed by atoms with Crippen LogP contribution in [0, 0.1) is 5.41 Å². The first-order valence-electron chi connectivity index (χ1n) is 6.84. The molecule has 0 radical (unpaired) electrons. The summed E-state index contributed by atoms with van der Waals surface area (Å²) in [5, 5.41) is 1.63. The van der Waals surface area contributed by atoms with E-state index in [2.05, 4.69) is 36.8 Å². The summed E-state index contributed by atoms with van der Waals surface area (Å²) in [6, 6.07) is 5.65. The van der Waals surface area contributed by atoms with E-state index in [1.54, 1.807) is 10.9 Å². The molecule has 0 unspecified atom stereocenters. The van der Waals surface area contributed by atoms with Crippen LogP contribution in [0.5, 0.6) is 0 Å². The molecular weight excluding hydrogens is 384 g/mol. The van der Waals surface area contributed by atoms with Gasteiger partial charge in [0.25, 0.3) is 5.56 Å². The molecule has 1 heterocycles. The van der Waals surface area contributed by atoms with E-state index in [9.17, 15) is 4.79 Å². The first-order valence-corrected chi connectivity index (χ1v) is 8.76. The Bertz CT molecular complexity index is 690. The van der Waals surface area contributed by atoms with E-state index in [0.717, 1.165) is 21.9 Å². The molecule has 0 bridgehead atoms. The number of aromatic nitrogens is 2. The highest BCUT2D eigenvalue weighted by molar-refractivity contribution is 9.10. The number of hydrogen-bond donors (Lipinski definition) is 0. The van der Waals surface area contributed by atoms with Crippen LogP contribution in [0.1, 0.15) is 25.7 Å². The van der Waals surface area contributed by atoms with Crippen LogP contribution in [0.2, 0.25) is 0 Å². The SMILES string of the molecule is O=c1c2cc(Br)ccc2ncn1CC1(CBr)CCCC1. The topological polar surface area (TPSA) is 34.9 Å². The van der Waals surface area contributed by atoms with E-state index in [1.807, 2.05) is 18.2 Å². The monoisotopic (exact) mass is 398 g/mol. The molecule has 0 spiro atoms. The summed E-state index contributed by atoms with van der Waals surface area (Å²) >= 11 is 7.05. The number of rotatable bonds is 3. The molecule has 1 aliphatic rings. The van der Waals surface area contributed by atoms with Crippen LogP contribution in [0.3, 0.4) is 0 Å². The average molecular weight is 400 g/mol. The van der Waals surface area contributed by atoms with Gasteiger partial charge in [0, 0.05) is 16.3 Å². The number of nitrogens with zero attached hydrogens (tertiary/aromatic N) is 2. The van der Waals surface area contributed by atoms with Gasteiger partial charge in [-0.05, 0) is 36.5 Å². The molecule has 1 aromatic heterocycles. The maximum Gasteiger partial charge on any atom is 0.261 e. The van der Waals surface area contributed by atoms with Gasteiger partial charge in [0.15, 0.2) is 0 Å². The lowest BCUT2D eigenvalue weighted by atomic mass is 9.89. The maximum absolute atomic E-state index is 12.6. The molecule has 1 fully saturated rings. The van der Waals surface area contributed by atoms with Gasteiger partial charge in [0.05, 0.1) is 17.2 Å². The quantitative estimate of drug-likeness (QED) is 0.727. The fraction of sp³-hybridized carbons (Fsp3) is 0.467. The molecule has 0 N–H and O–H groups in total. The first kappa shape index (κ1) is 14.3. The predicted octanol–water partition coefficient (Wildman–Crippen LogP) is 4.11. The largest absolute Gasteiger partial charge is 0.298 e. The normalized spacial score (nSPS) is 17.7. The third-order valence-electron chi connectivity index (χ3n) is 4.24. The van der Waals surface area contributed by atoms with Crippen molar-refractivity contribution in [2.24, 2.45) is 5.41 Å². The fourth-order valence-corrected chi connectivity index (χ4v) is 4.16. The van der Waals surface area contributed by atoms with E-state index in [4.69, 9.17) is 0 Å². The van der Waals surface area contributed by atoms with Crippen molar-refractivity contribution in [2.75, 3.05) is 5.33 Å². The van der Waals surface area contributed by atoms with Crippen LogP contribution in [0.15, 0.2) is 33.8 Å². The summed E-state index contributed by atoms with van der Waals surface area (Å²) in [4.78, 5) is 17.0. The predicted molar refractivity (Wildman–Crippen MR) is 88.4 cm³/mol. The van der Waals surface area contributed by atoms with Crippen LogP contribution in [-0.4, -0.2) is 14.9 Å². The second kappa shape index (κ2) is 5.60. The van der Waals surface area contributed by atoms with Crippen molar-refractivity contribution in [3.8, 4) is 0 Å². The number of benzene rings is 1.